The molecule has 0 fully saturated rings. The number of benzene rings is 1. The molecule has 0 amide bonds. The second-order valence-corrected chi connectivity index (χ2v) is 4.24. The fraction of sp³-hybridized carbons (Fsp3) is 0.308. The zero-order chi connectivity index (χ0) is 12.7. The number of nitrogen functional groups attached to an aromatic ring is 1. The van der Waals surface area contributed by atoms with E-state index in [-0.39, 0.29) is 5.97 Å². The first kappa shape index (κ1) is 13.8. The number of anilines is 1. The van der Waals surface area contributed by atoms with Gasteiger partial charge in [-0.25, -0.2) is 4.79 Å². The quantitative estimate of drug-likeness (QED) is 0.516. The monoisotopic (exact) mass is 297 g/mol. The SMILES string of the molecule is CCOC(=O)c1ccc(N)c(C=CCCBr)c1. The van der Waals surface area contributed by atoms with Crippen LogP contribution in [-0.2, 0) is 4.74 Å². The molecule has 0 radical (unpaired) electrons. The number of ether oxygens (including phenoxy) is 1. The van der Waals surface area contributed by atoms with E-state index in [4.69, 9.17) is 10.5 Å². The highest BCUT2D eigenvalue weighted by Gasteiger charge is 2.07. The Kier molecular flexibility index (Phi) is 5.77. The lowest BCUT2D eigenvalue weighted by atomic mass is 10.1. The van der Waals surface area contributed by atoms with Crippen molar-refractivity contribution < 1.29 is 9.53 Å². The fourth-order valence-electron chi connectivity index (χ4n) is 1.33. The summed E-state index contributed by atoms with van der Waals surface area (Å²) in [6.45, 7) is 2.16. The zero-order valence-corrected chi connectivity index (χ0v) is 11.4. The van der Waals surface area contributed by atoms with E-state index in [1.807, 2.05) is 12.2 Å². The number of carbonyl (C=O) groups is 1. The molecule has 0 bridgehead atoms. The van der Waals surface area contributed by atoms with Crippen LogP contribution in [0.25, 0.3) is 6.08 Å². The Balaban J connectivity index is 2.90. The van der Waals surface area contributed by atoms with Crippen molar-refractivity contribution in [3.05, 3.63) is 35.4 Å². The van der Waals surface area contributed by atoms with Crippen molar-refractivity contribution in [3.63, 3.8) is 0 Å². The van der Waals surface area contributed by atoms with E-state index in [0.29, 0.717) is 17.9 Å². The van der Waals surface area contributed by atoms with E-state index >= 15 is 0 Å². The van der Waals surface area contributed by atoms with Crippen molar-refractivity contribution >= 4 is 33.7 Å². The summed E-state index contributed by atoms with van der Waals surface area (Å²) in [5.41, 5.74) is 7.86. The third-order valence-corrected chi connectivity index (χ3v) is 2.63. The van der Waals surface area contributed by atoms with Gasteiger partial charge in [-0.15, -0.1) is 0 Å². The van der Waals surface area contributed by atoms with E-state index in [9.17, 15) is 4.79 Å². The first-order valence-electron chi connectivity index (χ1n) is 5.48. The summed E-state index contributed by atoms with van der Waals surface area (Å²) < 4.78 is 4.94. The van der Waals surface area contributed by atoms with Gasteiger partial charge in [0.2, 0.25) is 0 Å². The lowest BCUT2D eigenvalue weighted by Crippen LogP contribution is -2.05. The first-order valence-corrected chi connectivity index (χ1v) is 6.60. The van der Waals surface area contributed by atoms with Crippen LogP contribution in [0.3, 0.4) is 0 Å². The van der Waals surface area contributed by atoms with Crippen LogP contribution in [0.4, 0.5) is 5.69 Å². The maximum absolute atomic E-state index is 11.5. The van der Waals surface area contributed by atoms with Crippen LogP contribution >= 0.6 is 15.9 Å². The first-order chi connectivity index (χ1) is 8.19. The lowest BCUT2D eigenvalue weighted by Gasteiger charge is -2.05. The molecule has 0 aromatic heterocycles. The molecule has 0 spiro atoms. The highest BCUT2D eigenvalue weighted by atomic mass is 79.9. The van der Waals surface area contributed by atoms with Crippen LogP contribution in [0, 0.1) is 0 Å². The second kappa shape index (κ2) is 7.12. The molecule has 17 heavy (non-hydrogen) atoms. The molecule has 92 valence electrons. The Morgan fingerprint density at radius 3 is 2.94 bits per heavy atom. The molecule has 1 aromatic carbocycles. The Morgan fingerprint density at radius 2 is 2.29 bits per heavy atom. The Bertz CT molecular complexity index is 416. The second-order valence-electron chi connectivity index (χ2n) is 3.44. The third-order valence-electron chi connectivity index (χ3n) is 2.17. The van der Waals surface area contributed by atoms with Crippen molar-refractivity contribution in [2.45, 2.75) is 13.3 Å². The predicted molar refractivity (Wildman–Crippen MR) is 74.3 cm³/mol. The average molecular weight is 298 g/mol. The van der Waals surface area contributed by atoms with Gasteiger partial charge in [-0.2, -0.15) is 0 Å². The lowest BCUT2D eigenvalue weighted by molar-refractivity contribution is 0.0526. The Hall–Kier alpha value is -1.29. The maximum Gasteiger partial charge on any atom is 0.338 e. The third kappa shape index (κ3) is 4.23. The van der Waals surface area contributed by atoms with E-state index in [0.717, 1.165) is 17.3 Å². The Labute approximate surface area is 110 Å². The van der Waals surface area contributed by atoms with Gasteiger partial charge in [0, 0.05) is 11.0 Å². The molecular weight excluding hydrogens is 282 g/mol. The van der Waals surface area contributed by atoms with Gasteiger partial charge >= 0.3 is 5.97 Å². The van der Waals surface area contributed by atoms with Crippen molar-refractivity contribution in [1.29, 1.82) is 0 Å². The summed E-state index contributed by atoms with van der Waals surface area (Å²) in [6.07, 6.45) is 4.85. The molecule has 1 aromatic rings. The molecule has 0 saturated carbocycles. The van der Waals surface area contributed by atoms with E-state index in [1.54, 1.807) is 25.1 Å². The number of rotatable bonds is 5. The minimum absolute atomic E-state index is 0.317. The van der Waals surface area contributed by atoms with Crippen molar-refractivity contribution in [3.8, 4) is 0 Å². The standard InChI is InChI=1S/C13H16BrNO2/c1-2-17-13(16)11-6-7-12(15)10(9-11)5-3-4-8-14/h3,5-7,9H,2,4,8,15H2,1H3. The normalized spacial score (nSPS) is 10.7. The number of carbonyl (C=O) groups excluding carboxylic acids is 1. The van der Waals surface area contributed by atoms with Gasteiger partial charge < -0.3 is 10.5 Å². The van der Waals surface area contributed by atoms with Crippen molar-refractivity contribution in [2.24, 2.45) is 0 Å². The van der Waals surface area contributed by atoms with Crippen LogP contribution < -0.4 is 5.73 Å². The van der Waals surface area contributed by atoms with Crippen molar-refractivity contribution in [1.82, 2.24) is 0 Å². The van der Waals surface area contributed by atoms with Crippen LogP contribution in [0.1, 0.15) is 29.3 Å². The number of allylic oxidation sites excluding steroid dienone is 1. The summed E-state index contributed by atoms with van der Waals surface area (Å²) >= 11 is 3.34. The number of esters is 1. The topological polar surface area (TPSA) is 52.3 Å². The van der Waals surface area contributed by atoms with Gasteiger partial charge in [-0.05, 0) is 37.1 Å². The molecule has 0 heterocycles. The largest absolute Gasteiger partial charge is 0.462 e. The Morgan fingerprint density at radius 1 is 1.53 bits per heavy atom. The number of hydrogen-bond donors (Lipinski definition) is 1. The molecule has 0 saturated heterocycles. The molecule has 0 aliphatic carbocycles. The highest BCUT2D eigenvalue weighted by molar-refractivity contribution is 9.09. The summed E-state index contributed by atoms with van der Waals surface area (Å²) in [7, 11) is 0. The number of alkyl halides is 1. The number of nitrogens with two attached hydrogens (primary N) is 1. The smallest absolute Gasteiger partial charge is 0.338 e. The zero-order valence-electron chi connectivity index (χ0n) is 9.78. The number of hydrogen-bond acceptors (Lipinski definition) is 3. The highest BCUT2D eigenvalue weighted by Crippen LogP contribution is 2.17. The molecule has 0 aliphatic rings. The van der Waals surface area contributed by atoms with E-state index < -0.39 is 0 Å². The van der Waals surface area contributed by atoms with Gasteiger partial charge in [0.25, 0.3) is 0 Å². The number of halogens is 1. The summed E-state index contributed by atoms with van der Waals surface area (Å²) in [4.78, 5) is 11.5. The minimum Gasteiger partial charge on any atom is -0.462 e. The molecule has 0 atom stereocenters. The summed E-state index contributed by atoms with van der Waals surface area (Å²) in [5, 5.41) is 0.904. The van der Waals surface area contributed by atoms with Crippen LogP contribution in [0.15, 0.2) is 24.3 Å². The van der Waals surface area contributed by atoms with Gasteiger partial charge in [-0.1, -0.05) is 28.1 Å². The molecule has 4 heteroatoms. The molecule has 3 nitrogen and oxygen atoms in total. The molecule has 1 rings (SSSR count). The van der Waals surface area contributed by atoms with Gasteiger partial charge in [-0.3, -0.25) is 0 Å². The summed E-state index contributed by atoms with van der Waals surface area (Å²) in [5.74, 6) is -0.317. The van der Waals surface area contributed by atoms with Gasteiger partial charge in [0.15, 0.2) is 0 Å². The minimum atomic E-state index is -0.317. The van der Waals surface area contributed by atoms with Crippen LogP contribution in [0.5, 0.6) is 0 Å². The van der Waals surface area contributed by atoms with E-state index in [1.165, 1.54) is 0 Å². The van der Waals surface area contributed by atoms with E-state index in [2.05, 4.69) is 15.9 Å². The molecular formula is C13H16BrNO2. The van der Waals surface area contributed by atoms with Crippen LogP contribution in [0.2, 0.25) is 0 Å². The fourth-order valence-corrected chi connectivity index (χ4v) is 1.60. The van der Waals surface area contributed by atoms with Crippen molar-refractivity contribution in [2.75, 3.05) is 17.7 Å². The van der Waals surface area contributed by atoms with Crippen LogP contribution in [-0.4, -0.2) is 17.9 Å². The molecule has 0 unspecified atom stereocenters. The maximum atomic E-state index is 11.5. The van der Waals surface area contributed by atoms with Gasteiger partial charge in [0.1, 0.15) is 0 Å². The molecule has 2 N–H and O–H groups in total. The molecule has 0 aliphatic heterocycles. The average Bonchev–Trinajstić information content (AvgIpc) is 2.32. The van der Waals surface area contributed by atoms with Gasteiger partial charge in [0.05, 0.1) is 12.2 Å². The predicted octanol–water partition coefficient (Wildman–Crippen LogP) is 3.24. The summed E-state index contributed by atoms with van der Waals surface area (Å²) in [6, 6.07) is 5.15.